The van der Waals surface area contributed by atoms with Crippen molar-refractivity contribution >= 4 is 5.91 Å². The summed E-state index contributed by atoms with van der Waals surface area (Å²) in [4.78, 5) is 11.6. The summed E-state index contributed by atoms with van der Waals surface area (Å²) in [7, 11) is 0. The molecule has 1 aromatic carbocycles. The molecule has 18 heavy (non-hydrogen) atoms. The van der Waals surface area contributed by atoms with Gasteiger partial charge < -0.3 is 16.2 Å². The van der Waals surface area contributed by atoms with E-state index in [1.165, 1.54) is 0 Å². The minimum absolute atomic E-state index is 0.0241. The Hall–Kier alpha value is -1.39. The van der Waals surface area contributed by atoms with Gasteiger partial charge in [0, 0.05) is 0 Å². The number of benzene rings is 1. The zero-order valence-electron chi connectivity index (χ0n) is 11.2. The van der Waals surface area contributed by atoms with E-state index in [0.717, 1.165) is 0 Å². The van der Waals surface area contributed by atoms with Crippen LogP contribution < -0.4 is 11.5 Å². The Morgan fingerprint density at radius 3 is 2.28 bits per heavy atom. The molecule has 0 saturated carbocycles. The molecule has 0 bridgehead atoms. The minimum Gasteiger partial charge on any atom is -0.375 e. The van der Waals surface area contributed by atoms with Gasteiger partial charge in [0.15, 0.2) is 0 Å². The van der Waals surface area contributed by atoms with E-state index in [2.05, 4.69) is 13.8 Å². The van der Waals surface area contributed by atoms with Crippen LogP contribution in [-0.2, 0) is 15.1 Å². The standard InChI is InChI=1S/C14H22N2O2/c1-10(2)11(3)18-9-14(16,13(15)17)12-7-5-4-6-8-12/h4-8,10-11H,9,16H2,1-3H3,(H2,15,17). The van der Waals surface area contributed by atoms with Crippen LogP contribution in [0.5, 0.6) is 0 Å². The Morgan fingerprint density at radius 1 is 1.28 bits per heavy atom. The van der Waals surface area contributed by atoms with Crippen LogP contribution in [0.4, 0.5) is 0 Å². The second-order valence-corrected chi connectivity index (χ2v) is 4.96. The minimum atomic E-state index is -1.27. The van der Waals surface area contributed by atoms with E-state index in [4.69, 9.17) is 16.2 Å². The average molecular weight is 250 g/mol. The smallest absolute Gasteiger partial charge is 0.244 e. The summed E-state index contributed by atoms with van der Waals surface area (Å²) in [5, 5.41) is 0. The van der Waals surface area contributed by atoms with E-state index in [-0.39, 0.29) is 12.7 Å². The maximum Gasteiger partial charge on any atom is 0.244 e. The molecule has 2 atom stereocenters. The van der Waals surface area contributed by atoms with Gasteiger partial charge in [0.05, 0.1) is 12.7 Å². The predicted molar refractivity (Wildman–Crippen MR) is 71.8 cm³/mol. The highest BCUT2D eigenvalue weighted by Gasteiger charge is 2.35. The van der Waals surface area contributed by atoms with Crippen molar-refractivity contribution < 1.29 is 9.53 Å². The molecule has 4 heteroatoms. The van der Waals surface area contributed by atoms with Gasteiger partial charge in [-0.1, -0.05) is 44.2 Å². The van der Waals surface area contributed by atoms with Crippen LogP contribution in [0.1, 0.15) is 26.3 Å². The third-order valence-electron chi connectivity index (χ3n) is 3.24. The number of carbonyl (C=O) groups excluding carboxylic acids is 1. The van der Waals surface area contributed by atoms with Gasteiger partial charge in [-0.3, -0.25) is 4.79 Å². The monoisotopic (exact) mass is 250 g/mol. The second-order valence-electron chi connectivity index (χ2n) is 4.96. The van der Waals surface area contributed by atoms with Gasteiger partial charge in [0.2, 0.25) is 5.91 Å². The lowest BCUT2D eigenvalue weighted by molar-refractivity contribution is -0.127. The van der Waals surface area contributed by atoms with Gasteiger partial charge >= 0.3 is 0 Å². The van der Waals surface area contributed by atoms with Crippen molar-refractivity contribution in [1.29, 1.82) is 0 Å². The first-order valence-electron chi connectivity index (χ1n) is 6.14. The Labute approximate surface area is 108 Å². The molecule has 4 N–H and O–H groups in total. The third-order valence-corrected chi connectivity index (χ3v) is 3.24. The fourth-order valence-electron chi connectivity index (χ4n) is 1.49. The van der Waals surface area contributed by atoms with E-state index in [1.54, 1.807) is 12.1 Å². The van der Waals surface area contributed by atoms with Crippen molar-refractivity contribution in [3.8, 4) is 0 Å². The van der Waals surface area contributed by atoms with Crippen molar-refractivity contribution in [2.75, 3.05) is 6.61 Å². The van der Waals surface area contributed by atoms with Gasteiger partial charge in [-0.25, -0.2) is 0 Å². The van der Waals surface area contributed by atoms with Crippen LogP contribution in [0.25, 0.3) is 0 Å². The van der Waals surface area contributed by atoms with Gasteiger partial charge in [-0.2, -0.15) is 0 Å². The van der Waals surface area contributed by atoms with Crippen molar-refractivity contribution in [3.63, 3.8) is 0 Å². The van der Waals surface area contributed by atoms with Crippen molar-refractivity contribution in [3.05, 3.63) is 35.9 Å². The SMILES string of the molecule is CC(C)C(C)OCC(N)(C(N)=O)c1ccccc1. The average Bonchev–Trinajstić information content (AvgIpc) is 2.36. The van der Waals surface area contributed by atoms with Gasteiger partial charge in [-0.05, 0) is 18.4 Å². The fourth-order valence-corrected chi connectivity index (χ4v) is 1.49. The number of amides is 1. The Kier molecular flexibility index (Phi) is 4.87. The number of nitrogens with two attached hydrogens (primary N) is 2. The first-order chi connectivity index (χ1) is 8.38. The molecule has 0 saturated heterocycles. The van der Waals surface area contributed by atoms with E-state index in [1.807, 2.05) is 25.1 Å². The molecule has 2 unspecified atom stereocenters. The van der Waals surface area contributed by atoms with Crippen LogP contribution in [0.3, 0.4) is 0 Å². The Morgan fingerprint density at radius 2 is 1.83 bits per heavy atom. The molecule has 1 rings (SSSR count). The van der Waals surface area contributed by atoms with Crippen LogP contribution in [0.15, 0.2) is 30.3 Å². The summed E-state index contributed by atoms with van der Waals surface area (Å²) in [6.45, 7) is 6.15. The Bertz CT molecular complexity index is 392. The summed E-state index contributed by atoms with van der Waals surface area (Å²) >= 11 is 0. The van der Waals surface area contributed by atoms with Crippen molar-refractivity contribution in [2.24, 2.45) is 17.4 Å². The first kappa shape index (κ1) is 14.7. The molecule has 0 aliphatic heterocycles. The summed E-state index contributed by atoms with van der Waals surface area (Å²) in [6, 6.07) is 9.09. The molecule has 100 valence electrons. The number of ether oxygens (including phenoxy) is 1. The fraction of sp³-hybridized carbons (Fsp3) is 0.500. The van der Waals surface area contributed by atoms with E-state index >= 15 is 0 Å². The molecule has 0 aliphatic rings. The lowest BCUT2D eigenvalue weighted by Crippen LogP contribution is -2.53. The quantitative estimate of drug-likeness (QED) is 0.800. The predicted octanol–water partition coefficient (Wildman–Crippen LogP) is 1.39. The highest BCUT2D eigenvalue weighted by molar-refractivity contribution is 5.86. The normalized spacial score (nSPS) is 16.3. The molecule has 0 fully saturated rings. The zero-order chi connectivity index (χ0) is 13.8. The van der Waals surface area contributed by atoms with E-state index in [0.29, 0.717) is 11.5 Å². The molecular weight excluding hydrogens is 228 g/mol. The van der Waals surface area contributed by atoms with Gasteiger partial charge in [0.25, 0.3) is 0 Å². The third kappa shape index (κ3) is 3.31. The largest absolute Gasteiger partial charge is 0.375 e. The highest BCUT2D eigenvalue weighted by atomic mass is 16.5. The topological polar surface area (TPSA) is 78.3 Å². The maximum absolute atomic E-state index is 11.6. The molecule has 1 aromatic rings. The Balaban J connectivity index is 2.86. The molecule has 0 radical (unpaired) electrons. The lowest BCUT2D eigenvalue weighted by Gasteiger charge is -2.29. The maximum atomic E-state index is 11.6. The molecule has 1 amide bonds. The van der Waals surface area contributed by atoms with E-state index < -0.39 is 11.4 Å². The van der Waals surface area contributed by atoms with Crippen LogP contribution >= 0.6 is 0 Å². The summed E-state index contributed by atoms with van der Waals surface area (Å²) in [6.07, 6.45) is 0.0241. The molecule has 0 heterocycles. The number of hydrogen-bond donors (Lipinski definition) is 2. The second kappa shape index (κ2) is 5.98. The molecular formula is C14H22N2O2. The van der Waals surface area contributed by atoms with Crippen LogP contribution in [0, 0.1) is 5.92 Å². The van der Waals surface area contributed by atoms with Gasteiger partial charge in [0.1, 0.15) is 5.54 Å². The lowest BCUT2D eigenvalue weighted by atomic mass is 9.91. The summed E-state index contributed by atoms with van der Waals surface area (Å²) in [5.74, 6) is -0.220. The van der Waals surface area contributed by atoms with E-state index in [9.17, 15) is 4.79 Å². The number of carbonyl (C=O) groups is 1. The van der Waals surface area contributed by atoms with Crippen molar-refractivity contribution in [1.82, 2.24) is 0 Å². The number of hydrogen-bond acceptors (Lipinski definition) is 3. The number of primary amides is 1. The van der Waals surface area contributed by atoms with Crippen LogP contribution in [0.2, 0.25) is 0 Å². The van der Waals surface area contributed by atoms with Crippen LogP contribution in [-0.4, -0.2) is 18.6 Å². The first-order valence-corrected chi connectivity index (χ1v) is 6.14. The molecule has 0 aliphatic carbocycles. The van der Waals surface area contributed by atoms with Crippen molar-refractivity contribution in [2.45, 2.75) is 32.4 Å². The molecule has 0 spiro atoms. The highest BCUT2D eigenvalue weighted by Crippen LogP contribution is 2.20. The molecule has 4 nitrogen and oxygen atoms in total. The zero-order valence-corrected chi connectivity index (χ0v) is 11.2. The molecule has 0 aromatic heterocycles. The summed E-state index contributed by atoms with van der Waals surface area (Å²) < 4.78 is 5.66. The number of rotatable bonds is 6. The summed E-state index contributed by atoms with van der Waals surface area (Å²) in [5.41, 5.74) is 10.9. The van der Waals surface area contributed by atoms with Gasteiger partial charge in [-0.15, -0.1) is 0 Å².